The Kier molecular flexibility index (Phi) is 7.42. The summed E-state index contributed by atoms with van der Waals surface area (Å²) >= 11 is 0. The van der Waals surface area contributed by atoms with Crippen molar-refractivity contribution in [3.8, 4) is 0 Å². The molecule has 0 spiro atoms. The van der Waals surface area contributed by atoms with Crippen molar-refractivity contribution in [1.82, 2.24) is 19.8 Å². The predicted octanol–water partition coefficient (Wildman–Crippen LogP) is 4.43. The Balaban J connectivity index is 1.27. The first kappa shape index (κ1) is 24.8. The van der Waals surface area contributed by atoms with E-state index in [2.05, 4.69) is 39.5 Å². The summed E-state index contributed by atoms with van der Waals surface area (Å²) < 4.78 is 0. The van der Waals surface area contributed by atoms with Crippen LogP contribution in [-0.2, 0) is 17.6 Å². The van der Waals surface area contributed by atoms with Gasteiger partial charge >= 0.3 is 0 Å². The first-order valence-electron chi connectivity index (χ1n) is 12.9. The number of piperazine rings is 1. The molecule has 0 saturated carbocycles. The van der Waals surface area contributed by atoms with Gasteiger partial charge < -0.3 is 10.2 Å². The van der Waals surface area contributed by atoms with Crippen molar-refractivity contribution in [3.05, 3.63) is 88.2 Å². The standard InChI is InChI=1S/C30H33N5O2/c1-21-6-11-28(31-20-21)33-29-19-25-4-3-5-27(37)30(25)26(32-29)18-24-9-7-23(8-10-24)12-13-34-14-16-35(17-15-34)22(2)36/h3-4,6-11,19-20H,5,12-18H2,1-2H3,(H,31,32,33). The van der Waals surface area contributed by atoms with E-state index in [4.69, 9.17) is 4.98 Å². The molecule has 7 nitrogen and oxygen atoms in total. The Morgan fingerprint density at radius 3 is 2.46 bits per heavy atom. The fraction of sp³-hybridized carbons (Fsp3) is 0.333. The average molecular weight is 496 g/mol. The van der Waals surface area contributed by atoms with Gasteiger partial charge in [-0.15, -0.1) is 0 Å². The molecule has 5 rings (SSSR count). The quantitative estimate of drug-likeness (QED) is 0.523. The van der Waals surface area contributed by atoms with Crippen LogP contribution in [0.1, 0.15) is 51.7 Å². The topological polar surface area (TPSA) is 78.4 Å². The van der Waals surface area contributed by atoms with Gasteiger partial charge in [0.1, 0.15) is 11.6 Å². The maximum atomic E-state index is 12.8. The summed E-state index contributed by atoms with van der Waals surface area (Å²) in [6.45, 7) is 8.12. The highest BCUT2D eigenvalue weighted by molar-refractivity contribution is 6.04. The molecule has 3 heterocycles. The molecule has 0 unspecified atom stereocenters. The van der Waals surface area contributed by atoms with Crippen LogP contribution in [-0.4, -0.2) is 64.2 Å². The van der Waals surface area contributed by atoms with Crippen molar-refractivity contribution < 1.29 is 9.59 Å². The molecule has 2 aliphatic rings. The van der Waals surface area contributed by atoms with Crippen LogP contribution in [0.5, 0.6) is 0 Å². The number of amides is 1. The predicted molar refractivity (Wildman–Crippen MR) is 146 cm³/mol. The van der Waals surface area contributed by atoms with E-state index in [0.29, 0.717) is 18.7 Å². The van der Waals surface area contributed by atoms with Crippen molar-refractivity contribution >= 4 is 29.4 Å². The molecule has 37 heavy (non-hydrogen) atoms. The van der Waals surface area contributed by atoms with Crippen LogP contribution >= 0.6 is 0 Å². The smallest absolute Gasteiger partial charge is 0.219 e. The first-order chi connectivity index (χ1) is 17.9. The number of nitrogens with one attached hydrogen (secondary N) is 1. The van der Waals surface area contributed by atoms with Gasteiger partial charge in [-0.25, -0.2) is 9.97 Å². The van der Waals surface area contributed by atoms with E-state index in [1.54, 1.807) is 6.92 Å². The van der Waals surface area contributed by atoms with E-state index in [1.165, 1.54) is 5.56 Å². The number of pyridine rings is 2. The number of carbonyl (C=O) groups excluding carboxylic acids is 2. The Hall–Kier alpha value is -3.84. The second kappa shape index (κ2) is 11.0. The first-order valence-corrected chi connectivity index (χ1v) is 12.9. The van der Waals surface area contributed by atoms with Gasteiger partial charge in [0.25, 0.3) is 0 Å². The van der Waals surface area contributed by atoms with Crippen molar-refractivity contribution in [2.45, 2.75) is 33.1 Å². The highest BCUT2D eigenvalue weighted by Crippen LogP contribution is 2.27. The Morgan fingerprint density at radius 1 is 1.00 bits per heavy atom. The SMILES string of the molecule is CC(=O)N1CCN(CCc2ccc(Cc3nc(Nc4ccc(C)cn4)cc4c3C(=O)CC=C4)cc2)CC1. The van der Waals surface area contributed by atoms with Crippen molar-refractivity contribution in [1.29, 1.82) is 0 Å². The summed E-state index contributed by atoms with van der Waals surface area (Å²) in [5.74, 6) is 1.69. The van der Waals surface area contributed by atoms with Crippen LogP contribution in [0, 0.1) is 6.92 Å². The van der Waals surface area contributed by atoms with E-state index >= 15 is 0 Å². The van der Waals surface area contributed by atoms with E-state index in [9.17, 15) is 9.59 Å². The van der Waals surface area contributed by atoms with Crippen LogP contribution in [0.25, 0.3) is 6.08 Å². The summed E-state index contributed by atoms with van der Waals surface area (Å²) in [7, 11) is 0. The Morgan fingerprint density at radius 2 is 1.76 bits per heavy atom. The fourth-order valence-electron chi connectivity index (χ4n) is 4.92. The number of hydrogen-bond donors (Lipinski definition) is 1. The average Bonchev–Trinajstić information content (AvgIpc) is 2.90. The minimum absolute atomic E-state index is 0.113. The number of benzene rings is 1. The number of allylic oxidation sites excluding steroid dienone is 1. The second-order valence-corrected chi connectivity index (χ2v) is 9.88. The van der Waals surface area contributed by atoms with Crippen LogP contribution in [0.15, 0.2) is 54.7 Å². The lowest BCUT2D eigenvalue weighted by molar-refractivity contribution is -0.130. The number of Topliss-reactive ketones (excluding diaryl/α,β-unsaturated/α-hetero) is 1. The minimum atomic E-state index is 0.113. The van der Waals surface area contributed by atoms with Crippen LogP contribution in [0.2, 0.25) is 0 Å². The Bertz CT molecular complexity index is 1310. The number of aromatic nitrogens is 2. The zero-order valence-corrected chi connectivity index (χ0v) is 21.5. The molecule has 7 heteroatoms. The van der Waals surface area contributed by atoms with E-state index in [0.717, 1.165) is 72.9 Å². The van der Waals surface area contributed by atoms with Crippen molar-refractivity contribution in [3.63, 3.8) is 0 Å². The van der Waals surface area contributed by atoms with Gasteiger partial charge in [0, 0.05) is 64.2 Å². The maximum absolute atomic E-state index is 12.8. The minimum Gasteiger partial charge on any atom is -0.340 e. The molecule has 1 aliphatic carbocycles. The zero-order chi connectivity index (χ0) is 25.8. The van der Waals surface area contributed by atoms with Crippen LogP contribution in [0.3, 0.4) is 0 Å². The largest absolute Gasteiger partial charge is 0.340 e. The number of nitrogens with zero attached hydrogens (tertiary/aromatic N) is 4. The monoisotopic (exact) mass is 495 g/mol. The zero-order valence-electron chi connectivity index (χ0n) is 21.5. The van der Waals surface area contributed by atoms with Crippen LogP contribution in [0.4, 0.5) is 11.6 Å². The Labute approximate surface area is 218 Å². The lowest BCUT2D eigenvalue weighted by Gasteiger charge is -2.34. The van der Waals surface area contributed by atoms with E-state index in [-0.39, 0.29) is 11.7 Å². The second-order valence-electron chi connectivity index (χ2n) is 9.88. The molecular weight excluding hydrogens is 462 g/mol. The number of anilines is 2. The third kappa shape index (κ3) is 6.12. The third-order valence-corrected chi connectivity index (χ3v) is 7.10. The molecule has 3 aromatic rings. The molecule has 0 radical (unpaired) electrons. The molecule has 1 N–H and O–H groups in total. The summed E-state index contributed by atoms with van der Waals surface area (Å²) in [4.78, 5) is 37.9. The summed E-state index contributed by atoms with van der Waals surface area (Å²) in [6, 6.07) is 14.5. The normalized spacial score (nSPS) is 15.5. The van der Waals surface area contributed by atoms with Gasteiger partial charge in [-0.3, -0.25) is 14.5 Å². The summed E-state index contributed by atoms with van der Waals surface area (Å²) in [6.07, 6.45) is 7.71. The van der Waals surface area contributed by atoms with E-state index in [1.807, 2.05) is 48.4 Å². The molecule has 0 bridgehead atoms. The maximum Gasteiger partial charge on any atom is 0.219 e. The van der Waals surface area contributed by atoms with Crippen LogP contribution < -0.4 is 5.32 Å². The molecule has 2 aromatic heterocycles. The summed E-state index contributed by atoms with van der Waals surface area (Å²) in [5.41, 5.74) is 5.92. The van der Waals surface area contributed by atoms with Crippen molar-refractivity contribution in [2.24, 2.45) is 0 Å². The molecule has 190 valence electrons. The molecule has 1 amide bonds. The van der Waals surface area contributed by atoms with Gasteiger partial charge in [-0.1, -0.05) is 42.5 Å². The number of hydrogen-bond acceptors (Lipinski definition) is 6. The van der Waals surface area contributed by atoms with Gasteiger partial charge in [-0.05, 0) is 47.7 Å². The van der Waals surface area contributed by atoms with Gasteiger partial charge in [0.2, 0.25) is 5.91 Å². The molecule has 1 fully saturated rings. The number of rotatable bonds is 7. The number of fused-ring (bicyclic) bond motifs is 1. The lowest BCUT2D eigenvalue weighted by atomic mass is 9.92. The molecule has 1 saturated heterocycles. The number of carbonyl (C=O) groups is 2. The highest BCUT2D eigenvalue weighted by Gasteiger charge is 2.21. The molecule has 1 aromatic carbocycles. The lowest BCUT2D eigenvalue weighted by Crippen LogP contribution is -2.48. The van der Waals surface area contributed by atoms with Crippen molar-refractivity contribution in [2.75, 3.05) is 38.0 Å². The highest BCUT2D eigenvalue weighted by atomic mass is 16.2. The fourth-order valence-corrected chi connectivity index (χ4v) is 4.92. The molecule has 1 aliphatic heterocycles. The van der Waals surface area contributed by atoms with Gasteiger partial charge in [-0.2, -0.15) is 0 Å². The van der Waals surface area contributed by atoms with E-state index < -0.39 is 0 Å². The van der Waals surface area contributed by atoms with Gasteiger partial charge in [0.05, 0.1) is 5.69 Å². The summed E-state index contributed by atoms with van der Waals surface area (Å²) in [5, 5.41) is 3.29. The number of aryl methyl sites for hydroxylation is 1. The third-order valence-electron chi connectivity index (χ3n) is 7.10. The molecular formula is C30H33N5O2. The number of ketones is 1. The molecule has 0 atom stereocenters. The van der Waals surface area contributed by atoms with Gasteiger partial charge in [0.15, 0.2) is 5.78 Å².